The third-order valence-corrected chi connectivity index (χ3v) is 2.71. The molecule has 1 rings (SSSR count). The van der Waals surface area contributed by atoms with Crippen LogP contribution >= 0.6 is 0 Å². The van der Waals surface area contributed by atoms with E-state index in [1.165, 1.54) is 0 Å². The first-order chi connectivity index (χ1) is 7.83. The van der Waals surface area contributed by atoms with Gasteiger partial charge in [-0.1, -0.05) is 54.5 Å². The number of aryl methyl sites for hydroxylation is 1. The number of pyridine rings is 1. The quantitative estimate of drug-likeness (QED) is 0.691. The summed E-state index contributed by atoms with van der Waals surface area (Å²) < 4.78 is 16.0. The molecule has 1 heterocycles. The Hall–Kier alpha value is -0.850. The lowest BCUT2D eigenvalue weighted by Crippen LogP contribution is -2.19. The zero-order chi connectivity index (χ0) is 14.4. The lowest BCUT2D eigenvalue weighted by molar-refractivity contribution is 0.548. The molecule has 0 unspecified atom stereocenters. The van der Waals surface area contributed by atoms with Crippen LogP contribution in [-0.2, 0) is 17.2 Å². The van der Waals surface area contributed by atoms with Crippen molar-refractivity contribution in [1.82, 2.24) is 4.98 Å². The van der Waals surface area contributed by atoms with Crippen LogP contribution in [0, 0.1) is 0 Å². The molecule has 90 valence electrons. The molecule has 0 amide bonds. The summed E-state index contributed by atoms with van der Waals surface area (Å²) in [6.07, 6.45) is -1.41. The van der Waals surface area contributed by atoms with Gasteiger partial charge in [-0.15, -0.1) is 0 Å². The molecular weight excluding hydrogens is 194 g/mol. The standard InChI is InChI=1S/C15H25N/c1-8-12-11(14(2,3)4)9-10-13(16-12)15(5,6)7/h9-10H,8H2,1-7H3/i8D2. The molecule has 0 saturated carbocycles. The summed E-state index contributed by atoms with van der Waals surface area (Å²) in [5.74, 6) is 0. The van der Waals surface area contributed by atoms with Crippen LogP contribution in [0.2, 0.25) is 0 Å². The lowest BCUT2D eigenvalue weighted by Gasteiger charge is -2.25. The maximum atomic E-state index is 8.00. The summed E-state index contributed by atoms with van der Waals surface area (Å²) in [6.45, 7) is 14.2. The first-order valence-electron chi connectivity index (χ1n) is 6.86. The van der Waals surface area contributed by atoms with Gasteiger partial charge in [0.05, 0.1) is 0 Å². The molecule has 1 heteroatoms. The van der Waals surface area contributed by atoms with Crippen LogP contribution < -0.4 is 0 Å². The van der Waals surface area contributed by atoms with Crippen molar-refractivity contribution in [2.75, 3.05) is 0 Å². The molecule has 0 aliphatic carbocycles. The van der Waals surface area contributed by atoms with Crippen molar-refractivity contribution in [2.24, 2.45) is 0 Å². The summed E-state index contributed by atoms with van der Waals surface area (Å²) in [7, 11) is 0. The minimum atomic E-state index is -1.41. The molecule has 0 saturated heterocycles. The van der Waals surface area contributed by atoms with Gasteiger partial charge in [0, 0.05) is 19.5 Å². The van der Waals surface area contributed by atoms with Crippen LogP contribution in [0.3, 0.4) is 0 Å². The largest absolute Gasteiger partial charge is 0.257 e. The molecule has 0 aliphatic rings. The van der Waals surface area contributed by atoms with Crippen LogP contribution in [0.15, 0.2) is 12.1 Å². The Balaban J connectivity index is 3.50. The van der Waals surface area contributed by atoms with E-state index in [1.807, 2.05) is 12.1 Å². The van der Waals surface area contributed by atoms with Crippen LogP contribution in [0.1, 0.15) is 68.2 Å². The summed E-state index contributed by atoms with van der Waals surface area (Å²) in [5.41, 5.74) is 2.35. The summed E-state index contributed by atoms with van der Waals surface area (Å²) >= 11 is 0. The Morgan fingerprint density at radius 1 is 1.06 bits per heavy atom. The number of hydrogen-bond donors (Lipinski definition) is 0. The Morgan fingerprint density at radius 2 is 1.62 bits per heavy atom. The predicted molar refractivity (Wildman–Crippen MR) is 71.0 cm³/mol. The highest BCUT2D eigenvalue weighted by Crippen LogP contribution is 2.28. The van der Waals surface area contributed by atoms with Gasteiger partial charge in [0.2, 0.25) is 0 Å². The fourth-order valence-corrected chi connectivity index (χ4v) is 1.67. The minimum absolute atomic E-state index is 0.0591. The zero-order valence-corrected chi connectivity index (χ0v) is 11.6. The second kappa shape index (κ2) is 4.20. The van der Waals surface area contributed by atoms with E-state index in [-0.39, 0.29) is 10.8 Å². The van der Waals surface area contributed by atoms with Crippen molar-refractivity contribution in [3.63, 3.8) is 0 Å². The van der Waals surface area contributed by atoms with Crippen molar-refractivity contribution in [3.05, 3.63) is 29.1 Å². The molecule has 0 N–H and O–H groups in total. The smallest absolute Gasteiger partial charge is 0.0460 e. The number of rotatable bonds is 1. The van der Waals surface area contributed by atoms with Crippen molar-refractivity contribution in [1.29, 1.82) is 0 Å². The van der Waals surface area contributed by atoms with Gasteiger partial charge >= 0.3 is 0 Å². The van der Waals surface area contributed by atoms with E-state index in [9.17, 15) is 0 Å². The van der Waals surface area contributed by atoms with Crippen LogP contribution in [0.4, 0.5) is 0 Å². The molecule has 0 aromatic carbocycles. The van der Waals surface area contributed by atoms with Crippen molar-refractivity contribution >= 4 is 0 Å². The maximum Gasteiger partial charge on any atom is 0.0460 e. The van der Waals surface area contributed by atoms with E-state index >= 15 is 0 Å². The molecule has 0 bridgehead atoms. The van der Waals surface area contributed by atoms with E-state index in [0.29, 0.717) is 5.69 Å². The minimum Gasteiger partial charge on any atom is -0.257 e. The highest BCUT2D eigenvalue weighted by Gasteiger charge is 2.21. The van der Waals surface area contributed by atoms with E-state index in [0.717, 1.165) is 11.3 Å². The zero-order valence-electron chi connectivity index (χ0n) is 13.6. The fraction of sp³-hybridized carbons (Fsp3) is 0.667. The SMILES string of the molecule is [2H]C([2H])(C)c1nc(C(C)(C)C)ccc1C(C)(C)C. The molecular formula is C15H25N. The summed E-state index contributed by atoms with van der Waals surface area (Å²) in [5, 5.41) is 0. The molecule has 1 aromatic heterocycles. The molecule has 0 fully saturated rings. The number of hydrogen-bond acceptors (Lipinski definition) is 1. The maximum absolute atomic E-state index is 8.00. The fourth-order valence-electron chi connectivity index (χ4n) is 1.67. The van der Waals surface area contributed by atoms with Gasteiger partial charge in [0.1, 0.15) is 0 Å². The predicted octanol–water partition coefficient (Wildman–Crippen LogP) is 4.24. The number of nitrogens with zero attached hydrogens (tertiary/aromatic N) is 1. The molecule has 1 nitrogen and oxygen atoms in total. The van der Waals surface area contributed by atoms with Crippen LogP contribution in [-0.4, -0.2) is 4.98 Å². The van der Waals surface area contributed by atoms with Gasteiger partial charge in [0.15, 0.2) is 0 Å². The normalized spacial score (nSPS) is 15.7. The highest BCUT2D eigenvalue weighted by molar-refractivity contribution is 5.31. The molecule has 16 heavy (non-hydrogen) atoms. The highest BCUT2D eigenvalue weighted by atomic mass is 14.7. The topological polar surface area (TPSA) is 12.9 Å². The average Bonchev–Trinajstić information content (AvgIpc) is 2.12. The number of aromatic nitrogens is 1. The Bertz CT molecular complexity index is 431. The van der Waals surface area contributed by atoms with Crippen LogP contribution in [0.5, 0.6) is 0 Å². The van der Waals surface area contributed by atoms with E-state index in [1.54, 1.807) is 6.92 Å². The van der Waals surface area contributed by atoms with Gasteiger partial charge in [-0.25, -0.2) is 0 Å². The molecule has 0 spiro atoms. The monoisotopic (exact) mass is 221 g/mol. The third-order valence-electron chi connectivity index (χ3n) is 2.71. The first-order valence-corrected chi connectivity index (χ1v) is 5.86. The van der Waals surface area contributed by atoms with E-state index < -0.39 is 6.37 Å². The molecule has 0 aliphatic heterocycles. The van der Waals surface area contributed by atoms with E-state index in [2.05, 4.69) is 46.5 Å². The van der Waals surface area contributed by atoms with E-state index in [4.69, 9.17) is 2.74 Å². The van der Waals surface area contributed by atoms with Crippen molar-refractivity contribution in [3.8, 4) is 0 Å². The molecule has 0 radical (unpaired) electrons. The Labute approximate surface area is 103 Å². The van der Waals surface area contributed by atoms with Gasteiger partial charge in [0.25, 0.3) is 0 Å². The third kappa shape index (κ3) is 2.84. The Morgan fingerprint density at radius 3 is 2.00 bits per heavy atom. The second-order valence-corrected chi connectivity index (χ2v) is 6.34. The average molecular weight is 221 g/mol. The van der Waals surface area contributed by atoms with Gasteiger partial charge in [-0.2, -0.15) is 0 Å². The lowest BCUT2D eigenvalue weighted by atomic mass is 9.83. The van der Waals surface area contributed by atoms with Crippen molar-refractivity contribution in [2.45, 2.75) is 65.7 Å². The first kappa shape index (κ1) is 10.3. The van der Waals surface area contributed by atoms with Gasteiger partial charge in [-0.05, 0) is 23.4 Å². The Kier molecular flexibility index (Phi) is 2.70. The van der Waals surface area contributed by atoms with Crippen LogP contribution in [0.25, 0.3) is 0 Å². The molecule has 1 aromatic rings. The summed E-state index contributed by atoms with van der Waals surface area (Å²) in [4.78, 5) is 4.61. The van der Waals surface area contributed by atoms with Crippen molar-refractivity contribution < 1.29 is 2.74 Å². The van der Waals surface area contributed by atoms with Gasteiger partial charge in [-0.3, -0.25) is 4.98 Å². The summed E-state index contributed by atoms with van der Waals surface area (Å²) in [6, 6.07) is 4.06. The van der Waals surface area contributed by atoms with Gasteiger partial charge < -0.3 is 0 Å². The molecule has 0 atom stereocenters. The second-order valence-electron chi connectivity index (χ2n) is 6.34.